The minimum atomic E-state index is -1.33. The molecule has 0 aliphatic carbocycles. The van der Waals surface area contributed by atoms with E-state index in [0.29, 0.717) is 10.8 Å². The van der Waals surface area contributed by atoms with E-state index in [4.69, 9.17) is 0 Å². The van der Waals surface area contributed by atoms with Gasteiger partial charge in [-0.15, -0.1) is 0 Å². The molecule has 0 aromatic heterocycles. The lowest BCUT2D eigenvalue weighted by molar-refractivity contribution is 0.0547. The molecular weight excluding hydrogens is 540 g/mol. The zero-order valence-corrected chi connectivity index (χ0v) is 22.9. The summed E-state index contributed by atoms with van der Waals surface area (Å²) in [6, 6.07) is 7.65. The van der Waals surface area contributed by atoms with Crippen LogP contribution >= 0.6 is 0 Å². The van der Waals surface area contributed by atoms with Crippen LogP contribution in [0, 0.1) is 0 Å². The van der Waals surface area contributed by atoms with Crippen molar-refractivity contribution in [3.8, 4) is 0 Å². The van der Waals surface area contributed by atoms with Gasteiger partial charge >= 0.3 is 11.9 Å². The first kappa shape index (κ1) is 25.6. The molecule has 0 radical (unpaired) electrons. The monoisotopic (exact) mass is 562 g/mol. The predicted octanol–water partition coefficient (Wildman–Crippen LogP) is 5.14. The van der Waals surface area contributed by atoms with Crippen LogP contribution in [0.3, 0.4) is 0 Å². The highest BCUT2D eigenvalue weighted by atomic mass is 16.4. The average molecular weight is 563 g/mol. The molecule has 2 aliphatic rings. The van der Waals surface area contributed by atoms with Crippen molar-refractivity contribution in [2.45, 2.75) is 39.8 Å². The number of hydrogen-bond acceptors (Lipinski definition) is 6. The molecule has 5 aromatic rings. The molecule has 2 aliphatic heterocycles. The Labute approximate surface area is 237 Å². The van der Waals surface area contributed by atoms with E-state index in [2.05, 4.69) is 0 Å². The molecule has 0 saturated heterocycles. The SMILES string of the molecule is CC(C)N1C(=O)c2ccc3c4c(C(=O)O)cc5c6c(ccc(c7c(C(=O)O)cc(c2c37)C1=O)c64)C(=O)N(C(C)C)C5=O. The third kappa shape index (κ3) is 2.88. The summed E-state index contributed by atoms with van der Waals surface area (Å²) in [5.41, 5.74) is 0.00380. The molecule has 10 heteroatoms. The van der Waals surface area contributed by atoms with Gasteiger partial charge in [0, 0.05) is 55.9 Å². The van der Waals surface area contributed by atoms with Gasteiger partial charge in [0.05, 0.1) is 11.1 Å². The molecule has 42 heavy (non-hydrogen) atoms. The number of benzene rings is 5. The van der Waals surface area contributed by atoms with Gasteiger partial charge < -0.3 is 10.2 Å². The Balaban J connectivity index is 1.79. The van der Waals surface area contributed by atoms with Crippen LogP contribution in [0.4, 0.5) is 0 Å². The van der Waals surface area contributed by atoms with Crippen LogP contribution in [0.2, 0.25) is 0 Å². The lowest BCUT2D eigenvalue weighted by Gasteiger charge is -2.33. The second-order valence-corrected chi connectivity index (χ2v) is 11.3. The Morgan fingerprint density at radius 1 is 0.524 bits per heavy atom. The lowest BCUT2D eigenvalue weighted by Crippen LogP contribution is -2.45. The summed E-state index contributed by atoms with van der Waals surface area (Å²) >= 11 is 0. The molecule has 0 spiro atoms. The topological polar surface area (TPSA) is 149 Å². The number of carbonyl (C=O) groups excluding carboxylic acids is 4. The van der Waals surface area contributed by atoms with Gasteiger partial charge in [-0.25, -0.2) is 9.59 Å². The van der Waals surface area contributed by atoms with Gasteiger partial charge in [-0.1, -0.05) is 12.1 Å². The van der Waals surface area contributed by atoms with Crippen molar-refractivity contribution in [1.29, 1.82) is 0 Å². The van der Waals surface area contributed by atoms with Gasteiger partial charge in [-0.05, 0) is 73.5 Å². The minimum absolute atomic E-state index is 0.0279. The van der Waals surface area contributed by atoms with Crippen molar-refractivity contribution in [1.82, 2.24) is 9.80 Å². The van der Waals surface area contributed by atoms with Crippen LogP contribution in [0.25, 0.3) is 43.1 Å². The molecule has 5 aromatic carbocycles. The van der Waals surface area contributed by atoms with Crippen molar-refractivity contribution in [3.05, 3.63) is 69.8 Å². The Bertz CT molecular complexity index is 2040. The Morgan fingerprint density at radius 3 is 1.17 bits per heavy atom. The van der Waals surface area contributed by atoms with Crippen molar-refractivity contribution in [2.75, 3.05) is 0 Å². The maximum Gasteiger partial charge on any atom is 0.336 e. The number of hydrogen-bond donors (Lipinski definition) is 2. The van der Waals surface area contributed by atoms with Crippen molar-refractivity contribution in [3.63, 3.8) is 0 Å². The van der Waals surface area contributed by atoms with Crippen molar-refractivity contribution < 1.29 is 39.0 Å². The zero-order valence-electron chi connectivity index (χ0n) is 22.9. The molecule has 10 nitrogen and oxygen atoms in total. The van der Waals surface area contributed by atoms with Crippen LogP contribution in [-0.2, 0) is 0 Å². The van der Waals surface area contributed by atoms with E-state index in [1.165, 1.54) is 24.3 Å². The van der Waals surface area contributed by atoms with Crippen LogP contribution in [-0.4, -0.2) is 67.7 Å². The third-order valence-corrected chi connectivity index (χ3v) is 8.39. The quantitative estimate of drug-likeness (QED) is 0.174. The summed E-state index contributed by atoms with van der Waals surface area (Å²) < 4.78 is 0. The summed E-state index contributed by atoms with van der Waals surface area (Å²) in [7, 11) is 0. The summed E-state index contributed by atoms with van der Waals surface area (Å²) in [4.78, 5) is 81.9. The second-order valence-electron chi connectivity index (χ2n) is 11.3. The van der Waals surface area contributed by atoms with Crippen LogP contribution in [0.5, 0.6) is 0 Å². The summed E-state index contributed by atoms with van der Waals surface area (Å²) in [6.45, 7) is 6.72. The fraction of sp³-hybridized carbons (Fsp3) is 0.188. The molecule has 0 fully saturated rings. The van der Waals surface area contributed by atoms with Crippen LogP contribution in [0.15, 0.2) is 36.4 Å². The molecule has 0 atom stereocenters. The highest BCUT2D eigenvalue weighted by Crippen LogP contribution is 2.48. The number of imide groups is 2. The predicted molar refractivity (Wildman–Crippen MR) is 153 cm³/mol. The van der Waals surface area contributed by atoms with Crippen molar-refractivity contribution in [2.24, 2.45) is 0 Å². The first-order chi connectivity index (χ1) is 19.9. The summed E-state index contributed by atoms with van der Waals surface area (Å²) in [5, 5.41) is 22.8. The Hall–Kier alpha value is -5.38. The number of nitrogens with zero attached hydrogens (tertiary/aromatic N) is 2. The minimum Gasteiger partial charge on any atom is -0.478 e. The second kappa shape index (κ2) is 8.10. The average Bonchev–Trinajstić information content (AvgIpc) is 2.92. The molecule has 208 valence electrons. The van der Waals surface area contributed by atoms with Crippen molar-refractivity contribution >= 4 is 78.7 Å². The van der Waals surface area contributed by atoms with Crippen LogP contribution < -0.4 is 0 Å². The van der Waals surface area contributed by atoms with E-state index >= 15 is 0 Å². The maximum absolute atomic E-state index is 13.6. The molecule has 2 heterocycles. The number of carboxylic acid groups (broad SMARTS) is 2. The van der Waals surface area contributed by atoms with E-state index in [0.717, 1.165) is 9.80 Å². The third-order valence-electron chi connectivity index (χ3n) is 8.39. The van der Waals surface area contributed by atoms with E-state index in [-0.39, 0.29) is 65.7 Å². The normalized spacial score (nSPS) is 15.1. The molecule has 0 saturated carbocycles. The summed E-state index contributed by atoms with van der Waals surface area (Å²) in [6.07, 6.45) is 0. The maximum atomic E-state index is 13.6. The highest BCUT2D eigenvalue weighted by Gasteiger charge is 2.40. The van der Waals surface area contributed by atoms with Gasteiger partial charge in [-0.2, -0.15) is 0 Å². The number of carboxylic acids is 2. The van der Waals surface area contributed by atoms with E-state index < -0.39 is 47.7 Å². The molecule has 0 bridgehead atoms. The first-order valence-corrected chi connectivity index (χ1v) is 13.4. The number of fused-ring (bicyclic) bond motifs is 2. The number of aromatic carboxylic acids is 2. The smallest absolute Gasteiger partial charge is 0.336 e. The summed E-state index contributed by atoms with van der Waals surface area (Å²) in [5.74, 6) is -5.03. The molecule has 7 rings (SSSR count). The molecule has 2 N–H and O–H groups in total. The first-order valence-electron chi connectivity index (χ1n) is 13.4. The van der Waals surface area contributed by atoms with Gasteiger partial charge in [-0.3, -0.25) is 29.0 Å². The van der Waals surface area contributed by atoms with Gasteiger partial charge in [0.2, 0.25) is 0 Å². The standard InChI is InChI=1S/C32H22N2O8/c1-11(2)33-27(35)15-7-5-13-22-20(32(41)42)10-18-24-16(28(36)34(12(3)4)30(18)38)8-6-14(26(22)24)21-19(31(39)40)9-17(29(33)37)23(15)25(13)21/h5-12H,1-4H3,(H,39,40)(H,41,42). The molecular formula is C32H22N2O8. The fourth-order valence-corrected chi connectivity index (χ4v) is 6.78. The molecule has 4 amide bonds. The molecule has 0 unspecified atom stereocenters. The fourth-order valence-electron chi connectivity index (χ4n) is 6.78. The Morgan fingerprint density at radius 2 is 0.857 bits per heavy atom. The highest BCUT2D eigenvalue weighted by molar-refractivity contribution is 6.44. The van der Waals surface area contributed by atoms with Crippen LogP contribution in [0.1, 0.15) is 89.8 Å². The van der Waals surface area contributed by atoms with E-state index in [1.54, 1.807) is 39.8 Å². The van der Waals surface area contributed by atoms with Gasteiger partial charge in [0.1, 0.15) is 0 Å². The zero-order chi connectivity index (χ0) is 30.1. The number of rotatable bonds is 4. The largest absolute Gasteiger partial charge is 0.478 e. The van der Waals surface area contributed by atoms with Gasteiger partial charge in [0.25, 0.3) is 23.6 Å². The Kier molecular flexibility index (Phi) is 4.93. The van der Waals surface area contributed by atoms with Gasteiger partial charge in [0.15, 0.2) is 0 Å². The van der Waals surface area contributed by atoms with E-state index in [9.17, 15) is 39.0 Å². The van der Waals surface area contributed by atoms with E-state index in [1.807, 2.05) is 0 Å². The number of carbonyl (C=O) groups is 6. The number of amides is 4. The lowest BCUT2D eigenvalue weighted by atomic mass is 9.79.